The van der Waals surface area contributed by atoms with Crippen LogP contribution in [0.25, 0.3) is 16.6 Å². The van der Waals surface area contributed by atoms with Crippen LogP contribution in [0.2, 0.25) is 0 Å². The van der Waals surface area contributed by atoms with E-state index in [4.69, 9.17) is 0 Å². The van der Waals surface area contributed by atoms with Gasteiger partial charge >= 0.3 is 0 Å². The van der Waals surface area contributed by atoms with E-state index in [0.717, 1.165) is 5.69 Å². The lowest BCUT2D eigenvalue weighted by Gasteiger charge is -2.08. The summed E-state index contributed by atoms with van der Waals surface area (Å²) in [6.45, 7) is 1.79. The number of para-hydroxylation sites is 2. The Balaban J connectivity index is 1.47. The Bertz CT molecular complexity index is 1420. The van der Waals surface area contributed by atoms with Gasteiger partial charge in [0, 0.05) is 26.3 Å². The van der Waals surface area contributed by atoms with Crippen molar-refractivity contribution in [3.05, 3.63) is 81.0 Å². The van der Waals surface area contributed by atoms with Gasteiger partial charge in [0.1, 0.15) is 5.69 Å². The molecular formula is C23H23N5O3S. The van der Waals surface area contributed by atoms with E-state index in [1.807, 2.05) is 36.4 Å². The lowest BCUT2D eigenvalue weighted by atomic mass is 10.2. The van der Waals surface area contributed by atoms with Gasteiger partial charge in [0.05, 0.1) is 22.3 Å². The van der Waals surface area contributed by atoms with Gasteiger partial charge in [0.2, 0.25) is 5.91 Å². The topological polar surface area (TPSA) is 90.9 Å². The van der Waals surface area contributed by atoms with Crippen molar-refractivity contribution in [1.29, 1.82) is 0 Å². The second-order valence-corrected chi connectivity index (χ2v) is 8.42. The summed E-state index contributed by atoms with van der Waals surface area (Å²) < 4.78 is 4.73. The van der Waals surface area contributed by atoms with E-state index in [0.29, 0.717) is 27.5 Å². The Morgan fingerprint density at radius 1 is 1.00 bits per heavy atom. The predicted molar refractivity (Wildman–Crippen MR) is 127 cm³/mol. The van der Waals surface area contributed by atoms with Crippen LogP contribution in [-0.4, -0.2) is 30.6 Å². The quantitative estimate of drug-likeness (QED) is 0.361. The number of benzene rings is 2. The van der Waals surface area contributed by atoms with E-state index in [1.165, 1.54) is 21.0 Å². The Morgan fingerprint density at radius 2 is 1.69 bits per heavy atom. The number of fused-ring (bicyclic) bond motifs is 1. The Labute approximate surface area is 188 Å². The minimum absolute atomic E-state index is 0.121. The summed E-state index contributed by atoms with van der Waals surface area (Å²) in [5.74, 6) is 0.151. The zero-order chi connectivity index (χ0) is 22.8. The van der Waals surface area contributed by atoms with Gasteiger partial charge < -0.3 is 5.32 Å². The van der Waals surface area contributed by atoms with Gasteiger partial charge in [-0.3, -0.25) is 23.6 Å². The number of rotatable bonds is 6. The number of hydrogen-bond acceptors (Lipinski definition) is 5. The molecule has 0 aliphatic heterocycles. The molecule has 164 valence electrons. The van der Waals surface area contributed by atoms with Crippen molar-refractivity contribution < 1.29 is 4.79 Å². The number of nitrogens with zero attached hydrogens (tertiary/aromatic N) is 4. The molecule has 32 heavy (non-hydrogen) atoms. The Kier molecular flexibility index (Phi) is 6.00. The van der Waals surface area contributed by atoms with E-state index >= 15 is 0 Å². The van der Waals surface area contributed by atoms with Crippen molar-refractivity contribution >= 4 is 34.3 Å². The minimum Gasteiger partial charge on any atom is -0.320 e. The first-order valence-electron chi connectivity index (χ1n) is 10.1. The third-order valence-corrected chi connectivity index (χ3v) is 6.35. The zero-order valence-electron chi connectivity index (χ0n) is 18.0. The summed E-state index contributed by atoms with van der Waals surface area (Å²) in [7, 11) is 3.45. The molecule has 0 saturated heterocycles. The summed E-state index contributed by atoms with van der Waals surface area (Å²) in [4.78, 5) is 42.5. The van der Waals surface area contributed by atoms with E-state index in [9.17, 15) is 14.4 Å². The third-order valence-electron chi connectivity index (χ3n) is 5.32. The van der Waals surface area contributed by atoms with Gasteiger partial charge in [-0.1, -0.05) is 42.1 Å². The molecule has 0 radical (unpaired) electrons. The first-order valence-corrected chi connectivity index (χ1v) is 11.1. The molecule has 0 spiro atoms. The first kappa shape index (κ1) is 21.6. The Morgan fingerprint density at radius 3 is 2.44 bits per heavy atom. The van der Waals surface area contributed by atoms with Crippen molar-refractivity contribution in [3.8, 4) is 5.69 Å². The van der Waals surface area contributed by atoms with Crippen LogP contribution in [0, 0.1) is 6.92 Å². The monoisotopic (exact) mass is 449 g/mol. The second kappa shape index (κ2) is 8.88. The number of carbonyl (C=O) groups is 1. The number of anilines is 1. The van der Waals surface area contributed by atoms with Crippen LogP contribution >= 0.6 is 11.8 Å². The van der Waals surface area contributed by atoms with Crippen molar-refractivity contribution in [2.24, 2.45) is 14.1 Å². The maximum Gasteiger partial charge on any atom is 0.295 e. The van der Waals surface area contributed by atoms with Crippen LogP contribution in [-0.2, 0) is 18.9 Å². The van der Waals surface area contributed by atoms with Gasteiger partial charge in [-0.2, -0.15) is 0 Å². The van der Waals surface area contributed by atoms with E-state index in [-0.39, 0.29) is 29.1 Å². The molecule has 2 aromatic heterocycles. The first-order chi connectivity index (χ1) is 15.4. The standard InChI is InChI=1S/C23H23N5O3S/c1-15-20(22(31)28(27(15)3)16-9-5-4-6-10-16)25-19(29)13-14-32-23-24-18-12-8-7-11-17(18)21(30)26(23)2/h4-12H,13-14H2,1-3H3,(H,25,29). The lowest BCUT2D eigenvalue weighted by molar-refractivity contribution is -0.115. The van der Waals surface area contributed by atoms with Crippen LogP contribution in [0.3, 0.4) is 0 Å². The zero-order valence-corrected chi connectivity index (χ0v) is 18.8. The van der Waals surface area contributed by atoms with Crippen molar-refractivity contribution in [3.63, 3.8) is 0 Å². The summed E-state index contributed by atoms with van der Waals surface area (Å²) in [5, 5.41) is 3.86. The molecular weight excluding hydrogens is 426 g/mol. The molecule has 1 N–H and O–H groups in total. The molecule has 9 heteroatoms. The van der Waals surface area contributed by atoms with Gasteiger partial charge in [0.25, 0.3) is 11.1 Å². The second-order valence-electron chi connectivity index (χ2n) is 7.36. The summed E-state index contributed by atoms with van der Waals surface area (Å²) in [5.41, 5.74) is 1.88. The molecule has 2 aromatic carbocycles. The van der Waals surface area contributed by atoms with Crippen molar-refractivity contribution in [2.45, 2.75) is 18.5 Å². The maximum absolute atomic E-state index is 12.9. The van der Waals surface area contributed by atoms with Gasteiger partial charge in [-0.25, -0.2) is 9.67 Å². The van der Waals surface area contributed by atoms with Gasteiger partial charge in [-0.05, 0) is 31.2 Å². The summed E-state index contributed by atoms with van der Waals surface area (Å²) in [6, 6.07) is 16.4. The fourth-order valence-corrected chi connectivity index (χ4v) is 4.39. The SMILES string of the molecule is Cc1c(NC(=O)CCSc2nc3ccccc3c(=O)n2C)c(=O)n(-c2ccccc2)n1C. The average molecular weight is 450 g/mol. The predicted octanol–water partition coefficient (Wildman–Crippen LogP) is 2.85. The maximum atomic E-state index is 12.9. The number of amides is 1. The molecule has 0 unspecified atom stereocenters. The number of aromatic nitrogens is 4. The normalized spacial score (nSPS) is 11.1. The lowest BCUT2D eigenvalue weighted by Crippen LogP contribution is -2.23. The number of hydrogen-bond donors (Lipinski definition) is 1. The molecule has 1 amide bonds. The average Bonchev–Trinajstić information content (AvgIpc) is 3.00. The molecule has 2 heterocycles. The van der Waals surface area contributed by atoms with Crippen LogP contribution in [0.1, 0.15) is 12.1 Å². The number of nitrogens with one attached hydrogen (secondary N) is 1. The highest BCUT2D eigenvalue weighted by Gasteiger charge is 2.18. The molecule has 0 fully saturated rings. The molecule has 0 atom stereocenters. The molecule has 0 aliphatic carbocycles. The summed E-state index contributed by atoms with van der Waals surface area (Å²) >= 11 is 1.33. The van der Waals surface area contributed by atoms with Crippen LogP contribution in [0.15, 0.2) is 69.3 Å². The van der Waals surface area contributed by atoms with Crippen LogP contribution < -0.4 is 16.4 Å². The van der Waals surface area contributed by atoms with Gasteiger partial charge in [0.15, 0.2) is 5.16 Å². The van der Waals surface area contributed by atoms with E-state index < -0.39 is 0 Å². The van der Waals surface area contributed by atoms with Gasteiger partial charge in [-0.15, -0.1) is 0 Å². The largest absolute Gasteiger partial charge is 0.320 e. The number of thioether (sulfide) groups is 1. The van der Waals surface area contributed by atoms with Crippen molar-refractivity contribution in [1.82, 2.24) is 18.9 Å². The molecule has 0 saturated carbocycles. The molecule has 4 rings (SSSR count). The fraction of sp³-hybridized carbons (Fsp3) is 0.217. The van der Waals surface area contributed by atoms with E-state index in [2.05, 4.69) is 10.3 Å². The highest BCUT2D eigenvalue weighted by atomic mass is 32.2. The Hall–Kier alpha value is -3.59. The summed E-state index contributed by atoms with van der Waals surface area (Å²) in [6.07, 6.45) is 0.173. The fourth-order valence-electron chi connectivity index (χ4n) is 3.48. The van der Waals surface area contributed by atoms with Crippen LogP contribution in [0.4, 0.5) is 5.69 Å². The number of carbonyl (C=O) groups excluding carboxylic acids is 1. The molecule has 0 bridgehead atoms. The molecule has 8 nitrogen and oxygen atoms in total. The van der Waals surface area contributed by atoms with Crippen molar-refractivity contribution in [2.75, 3.05) is 11.1 Å². The van der Waals surface area contributed by atoms with Crippen LogP contribution in [0.5, 0.6) is 0 Å². The minimum atomic E-state index is -0.282. The highest BCUT2D eigenvalue weighted by molar-refractivity contribution is 7.99. The highest BCUT2D eigenvalue weighted by Crippen LogP contribution is 2.19. The molecule has 0 aliphatic rings. The van der Waals surface area contributed by atoms with E-state index in [1.54, 1.807) is 43.9 Å². The smallest absolute Gasteiger partial charge is 0.295 e. The third kappa shape index (κ3) is 3.99. The molecule has 4 aromatic rings.